The monoisotopic (exact) mass is 380 g/mol. The summed E-state index contributed by atoms with van der Waals surface area (Å²) in [5.41, 5.74) is 1.74. The van der Waals surface area contributed by atoms with E-state index >= 15 is 0 Å². The third-order valence-corrected chi connectivity index (χ3v) is 5.03. The topological polar surface area (TPSA) is 60.2 Å². The molecule has 1 atom stereocenters. The van der Waals surface area contributed by atoms with Crippen LogP contribution in [0, 0.1) is 23.1 Å². The lowest BCUT2D eigenvalue weighted by atomic mass is 9.95. The zero-order valence-corrected chi connectivity index (χ0v) is 15.9. The first-order valence-electron chi connectivity index (χ1n) is 9.68. The summed E-state index contributed by atoms with van der Waals surface area (Å²) in [6.45, 7) is 3.02. The lowest BCUT2D eigenvalue weighted by molar-refractivity contribution is -0.138. The summed E-state index contributed by atoms with van der Waals surface area (Å²) in [5.74, 6) is -0.269. The van der Waals surface area contributed by atoms with Crippen LogP contribution in [-0.4, -0.2) is 40.3 Å². The number of rotatable bonds is 7. The van der Waals surface area contributed by atoms with E-state index in [1.807, 2.05) is 24.3 Å². The van der Waals surface area contributed by atoms with Crippen molar-refractivity contribution >= 4 is 5.91 Å². The Morgan fingerprint density at radius 3 is 2.96 bits per heavy atom. The fourth-order valence-corrected chi connectivity index (χ4v) is 3.69. The van der Waals surface area contributed by atoms with Crippen molar-refractivity contribution in [2.45, 2.75) is 32.4 Å². The summed E-state index contributed by atoms with van der Waals surface area (Å²) in [6.07, 6.45) is 3.78. The standard InChI is InChI=1S/C22H25FN4O/c23-20-8-3-6-18(14-20)15-26-12-4-7-19(16-26)22(28)27(13-5-10-24)17-21-9-1-2-11-25-21/h1-3,6,8-9,11,14,19H,4-5,7,12-13,15-17H2. The molecule has 1 amide bonds. The number of carbonyl (C=O) groups excluding carboxylic acids is 1. The molecule has 1 aromatic heterocycles. The van der Waals surface area contributed by atoms with Crippen molar-refractivity contribution in [1.82, 2.24) is 14.8 Å². The van der Waals surface area contributed by atoms with Gasteiger partial charge >= 0.3 is 0 Å². The Kier molecular flexibility index (Phi) is 7.10. The van der Waals surface area contributed by atoms with Gasteiger partial charge in [-0.1, -0.05) is 18.2 Å². The van der Waals surface area contributed by atoms with Crippen molar-refractivity contribution in [3.8, 4) is 6.07 Å². The van der Waals surface area contributed by atoms with Crippen molar-refractivity contribution < 1.29 is 9.18 Å². The molecular weight excluding hydrogens is 355 g/mol. The van der Waals surface area contributed by atoms with Crippen molar-refractivity contribution in [3.05, 3.63) is 65.7 Å². The fourth-order valence-electron chi connectivity index (χ4n) is 3.69. The molecule has 5 nitrogen and oxygen atoms in total. The number of carbonyl (C=O) groups is 1. The SMILES string of the molecule is N#CCCN(Cc1ccccn1)C(=O)C1CCCN(Cc2cccc(F)c2)C1. The average Bonchev–Trinajstić information content (AvgIpc) is 2.71. The first-order chi connectivity index (χ1) is 13.7. The highest BCUT2D eigenvalue weighted by molar-refractivity contribution is 5.79. The van der Waals surface area contributed by atoms with Gasteiger partial charge < -0.3 is 4.90 Å². The minimum atomic E-state index is -0.236. The number of aromatic nitrogens is 1. The van der Waals surface area contributed by atoms with Gasteiger partial charge in [0.1, 0.15) is 5.82 Å². The van der Waals surface area contributed by atoms with Crippen LogP contribution in [-0.2, 0) is 17.9 Å². The van der Waals surface area contributed by atoms with Gasteiger partial charge in [-0.3, -0.25) is 14.7 Å². The van der Waals surface area contributed by atoms with Gasteiger partial charge in [0.25, 0.3) is 0 Å². The maximum atomic E-state index is 13.4. The van der Waals surface area contributed by atoms with Crippen LogP contribution in [0.5, 0.6) is 0 Å². The number of nitrogens with zero attached hydrogens (tertiary/aromatic N) is 4. The summed E-state index contributed by atoms with van der Waals surface area (Å²) in [5, 5.41) is 8.96. The van der Waals surface area contributed by atoms with Crippen LogP contribution in [0.2, 0.25) is 0 Å². The second-order valence-electron chi connectivity index (χ2n) is 7.19. The van der Waals surface area contributed by atoms with E-state index in [4.69, 9.17) is 5.26 Å². The number of halogens is 1. The minimum Gasteiger partial charge on any atom is -0.335 e. The number of nitriles is 1. The molecule has 28 heavy (non-hydrogen) atoms. The third-order valence-electron chi connectivity index (χ3n) is 5.03. The number of hydrogen-bond acceptors (Lipinski definition) is 4. The Morgan fingerprint density at radius 2 is 2.21 bits per heavy atom. The van der Waals surface area contributed by atoms with Gasteiger partial charge in [0.05, 0.1) is 30.6 Å². The molecule has 146 valence electrons. The Bertz CT molecular complexity index is 821. The van der Waals surface area contributed by atoms with Gasteiger partial charge in [0.2, 0.25) is 5.91 Å². The number of hydrogen-bond donors (Lipinski definition) is 0. The fraction of sp³-hybridized carbons (Fsp3) is 0.409. The molecule has 0 saturated carbocycles. The Morgan fingerprint density at radius 1 is 1.32 bits per heavy atom. The summed E-state index contributed by atoms with van der Waals surface area (Å²) in [7, 11) is 0. The van der Waals surface area contributed by atoms with Crippen molar-refractivity contribution in [2.75, 3.05) is 19.6 Å². The summed E-state index contributed by atoms with van der Waals surface area (Å²) >= 11 is 0. The zero-order chi connectivity index (χ0) is 19.8. The molecule has 0 N–H and O–H groups in total. The first kappa shape index (κ1) is 20.0. The molecule has 1 unspecified atom stereocenters. The molecule has 0 radical (unpaired) electrons. The van der Waals surface area contributed by atoms with E-state index in [1.165, 1.54) is 6.07 Å². The van der Waals surface area contributed by atoms with E-state index in [-0.39, 0.29) is 17.6 Å². The predicted octanol–water partition coefficient (Wildman–Crippen LogP) is 3.38. The highest BCUT2D eigenvalue weighted by Crippen LogP contribution is 2.22. The van der Waals surface area contributed by atoms with E-state index in [9.17, 15) is 9.18 Å². The van der Waals surface area contributed by atoms with Crippen LogP contribution < -0.4 is 0 Å². The molecule has 0 spiro atoms. The highest BCUT2D eigenvalue weighted by atomic mass is 19.1. The van der Waals surface area contributed by atoms with E-state index < -0.39 is 0 Å². The second-order valence-corrected chi connectivity index (χ2v) is 7.19. The van der Waals surface area contributed by atoms with Crippen LogP contribution in [0.15, 0.2) is 48.7 Å². The van der Waals surface area contributed by atoms with Crippen molar-refractivity contribution in [3.63, 3.8) is 0 Å². The molecule has 1 aliphatic rings. The molecule has 1 fully saturated rings. The summed E-state index contributed by atoms with van der Waals surface area (Å²) < 4.78 is 13.4. The number of likely N-dealkylation sites (tertiary alicyclic amines) is 1. The number of benzene rings is 1. The lowest BCUT2D eigenvalue weighted by Gasteiger charge is -2.35. The van der Waals surface area contributed by atoms with Crippen LogP contribution in [0.4, 0.5) is 4.39 Å². The zero-order valence-electron chi connectivity index (χ0n) is 15.9. The molecule has 0 aliphatic carbocycles. The smallest absolute Gasteiger partial charge is 0.227 e. The molecule has 1 aromatic carbocycles. The summed E-state index contributed by atoms with van der Waals surface area (Å²) in [4.78, 5) is 21.4. The molecule has 1 saturated heterocycles. The number of amides is 1. The van der Waals surface area contributed by atoms with Gasteiger partial charge in [0, 0.05) is 25.8 Å². The normalized spacial score (nSPS) is 17.1. The lowest BCUT2D eigenvalue weighted by Crippen LogP contribution is -2.44. The van der Waals surface area contributed by atoms with Gasteiger partial charge in [-0.05, 0) is 49.2 Å². The van der Waals surface area contributed by atoms with Gasteiger partial charge in [-0.15, -0.1) is 0 Å². The van der Waals surface area contributed by atoms with Crippen LogP contribution in [0.3, 0.4) is 0 Å². The Hall–Kier alpha value is -2.78. The van der Waals surface area contributed by atoms with Crippen LogP contribution in [0.1, 0.15) is 30.5 Å². The molecule has 6 heteroatoms. The van der Waals surface area contributed by atoms with Crippen LogP contribution in [0.25, 0.3) is 0 Å². The van der Waals surface area contributed by atoms with E-state index in [2.05, 4.69) is 16.0 Å². The Balaban J connectivity index is 1.65. The number of piperidine rings is 1. The summed E-state index contributed by atoms with van der Waals surface area (Å²) in [6, 6.07) is 14.4. The maximum Gasteiger partial charge on any atom is 0.227 e. The molecular formula is C22H25FN4O. The van der Waals surface area contributed by atoms with Crippen molar-refractivity contribution in [1.29, 1.82) is 5.26 Å². The Labute approximate surface area is 165 Å². The highest BCUT2D eigenvalue weighted by Gasteiger charge is 2.29. The van der Waals surface area contributed by atoms with Gasteiger partial charge in [-0.2, -0.15) is 5.26 Å². The quantitative estimate of drug-likeness (QED) is 0.739. The molecule has 1 aliphatic heterocycles. The maximum absolute atomic E-state index is 13.4. The van der Waals surface area contributed by atoms with Crippen molar-refractivity contribution in [2.24, 2.45) is 5.92 Å². The number of pyridine rings is 1. The predicted molar refractivity (Wildman–Crippen MR) is 104 cm³/mol. The molecule has 3 rings (SSSR count). The van der Waals surface area contributed by atoms with Gasteiger partial charge in [-0.25, -0.2) is 4.39 Å². The first-order valence-corrected chi connectivity index (χ1v) is 9.68. The van der Waals surface area contributed by atoms with E-state index in [0.29, 0.717) is 32.6 Å². The largest absolute Gasteiger partial charge is 0.335 e. The van der Waals surface area contributed by atoms with E-state index in [1.54, 1.807) is 23.2 Å². The molecule has 2 heterocycles. The molecule has 0 bridgehead atoms. The minimum absolute atomic E-state index is 0.0739. The second kappa shape index (κ2) is 9.95. The molecule has 2 aromatic rings. The van der Waals surface area contributed by atoms with Gasteiger partial charge in [0.15, 0.2) is 0 Å². The average molecular weight is 380 g/mol. The van der Waals surface area contributed by atoms with E-state index in [0.717, 1.165) is 30.6 Å². The van der Waals surface area contributed by atoms with Crippen LogP contribution >= 0.6 is 0 Å². The third kappa shape index (κ3) is 5.61.